The molecule has 17 heavy (non-hydrogen) atoms. The molecular weight excluding hydrogens is 305 g/mol. The number of halogens is 2. The molecule has 0 saturated heterocycles. The smallest absolute Gasteiger partial charge is 0.325 e. The zero-order chi connectivity index (χ0) is 13.0. The van der Waals surface area contributed by atoms with Crippen molar-refractivity contribution < 1.29 is 9.90 Å². The maximum absolute atomic E-state index is 11.4. The number of rotatable bonds is 5. The lowest BCUT2D eigenvalue weighted by atomic mass is 10.1. The predicted molar refractivity (Wildman–Crippen MR) is 72.4 cm³/mol. The second kappa shape index (κ2) is 6.38. The Morgan fingerprint density at radius 2 is 2.06 bits per heavy atom. The highest BCUT2D eigenvalue weighted by Gasteiger charge is 2.25. The predicted octanol–water partition coefficient (Wildman–Crippen LogP) is 3.57. The summed E-state index contributed by atoms with van der Waals surface area (Å²) in [7, 11) is 0. The number of aliphatic carboxylic acids is 1. The van der Waals surface area contributed by atoms with Crippen molar-refractivity contribution in [2.45, 2.75) is 19.9 Å². The van der Waals surface area contributed by atoms with Gasteiger partial charge in [-0.05, 0) is 46.7 Å². The molecule has 0 bridgehead atoms. The lowest BCUT2D eigenvalue weighted by Crippen LogP contribution is -2.33. The average molecular weight is 321 g/mol. The number of carbonyl (C=O) groups is 1. The van der Waals surface area contributed by atoms with E-state index in [4.69, 9.17) is 11.6 Å². The Hall–Kier alpha value is -0.580. The van der Waals surface area contributed by atoms with Crippen molar-refractivity contribution in [3.05, 3.63) is 33.3 Å². The fourth-order valence-electron chi connectivity index (χ4n) is 1.78. The molecule has 3 nitrogen and oxygen atoms in total. The lowest BCUT2D eigenvalue weighted by Gasteiger charge is -2.26. The maximum atomic E-state index is 11.4. The molecule has 0 aliphatic carbocycles. The molecule has 1 atom stereocenters. The third kappa shape index (κ3) is 3.44. The minimum Gasteiger partial charge on any atom is -0.480 e. The van der Waals surface area contributed by atoms with Crippen LogP contribution in [0.1, 0.15) is 25.5 Å². The highest BCUT2D eigenvalue weighted by Crippen LogP contribution is 2.28. The molecule has 0 aliphatic rings. The van der Waals surface area contributed by atoms with Crippen LogP contribution in [-0.4, -0.2) is 29.1 Å². The Bertz CT molecular complexity index is 407. The van der Waals surface area contributed by atoms with Gasteiger partial charge in [0.25, 0.3) is 0 Å². The Balaban J connectivity index is 3.13. The van der Waals surface area contributed by atoms with Crippen LogP contribution in [0.4, 0.5) is 0 Å². The van der Waals surface area contributed by atoms with E-state index in [1.165, 1.54) is 0 Å². The summed E-state index contributed by atoms with van der Waals surface area (Å²) in [6.07, 6.45) is 0. The quantitative estimate of drug-likeness (QED) is 0.901. The number of likely N-dealkylation sites (N-methyl/N-ethyl adjacent to an activating group) is 1. The van der Waals surface area contributed by atoms with Crippen LogP contribution in [0.25, 0.3) is 0 Å². The van der Waals surface area contributed by atoms with Crippen LogP contribution in [0.5, 0.6) is 0 Å². The van der Waals surface area contributed by atoms with Crippen LogP contribution in [0.2, 0.25) is 5.02 Å². The van der Waals surface area contributed by atoms with E-state index in [1.54, 1.807) is 18.2 Å². The molecule has 0 spiro atoms. The maximum Gasteiger partial charge on any atom is 0.325 e. The van der Waals surface area contributed by atoms with E-state index in [9.17, 15) is 9.90 Å². The number of carboxylic acid groups (broad SMARTS) is 1. The van der Waals surface area contributed by atoms with Crippen molar-refractivity contribution >= 4 is 33.5 Å². The van der Waals surface area contributed by atoms with Crippen molar-refractivity contribution in [1.82, 2.24) is 4.90 Å². The summed E-state index contributed by atoms with van der Waals surface area (Å²) < 4.78 is 0.718. The summed E-state index contributed by atoms with van der Waals surface area (Å²) in [4.78, 5) is 13.3. The molecule has 0 aliphatic heterocycles. The SMILES string of the molecule is CCN(CC)C(C(=O)O)c1ccc(Cl)c(Br)c1. The Kier molecular flexibility index (Phi) is 5.43. The zero-order valence-electron chi connectivity index (χ0n) is 9.78. The van der Waals surface area contributed by atoms with Gasteiger partial charge in [0.05, 0.1) is 5.02 Å². The summed E-state index contributed by atoms with van der Waals surface area (Å²) in [5, 5.41) is 9.91. The molecule has 1 aromatic rings. The fourth-order valence-corrected chi connectivity index (χ4v) is 2.29. The summed E-state index contributed by atoms with van der Waals surface area (Å²) in [6, 6.07) is 4.60. The highest BCUT2D eigenvalue weighted by molar-refractivity contribution is 9.10. The van der Waals surface area contributed by atoms with E-state index in [0.29, 0.717) is 18.1 Å². The second-order valence-electron chi connectivity index (χ2n) is 3.64. The Morgan fingerprint density at radius 3 is 2.47 bits per heavy atom. The van der Waals surface area contributed by atoms with Crippen molar-refractivity contribution in [1.29, 1.82) is 0 Å². The molecule has 5 heteroatoms. The number of hydrogen-bond donors (Lipinski definition) is 1. The summed E-state index contributed by atoms with van der Waals surface area (Å²) in [5.41, 5.74) is 0.734. The van der Waals surface area contributed by atoms with Crippen molar-refractivity contribution in [3.8, 4) is 0 Å². The number of benzene rings is 1. The van der Waals surface area contributed by atoms with Gasteiger partial charge < -0.3 is 5.11 Å². The Labute approximate surface area is 115 Å². The van der Waals surface area contributed by atoms with Gasteiger partial charge in [0.1, 0.15) is 6.04 Å². The molecule has 0 heterocycles. The molecule has 94 valence electrons. The summed E-state index contributed by atoms with van der Waals surface area (Å²) in [6.45, 7) is 5.27. The summed E-state index contributed by atoms with van der Waals surface area (Å²) in [5.74, 6) is -0.845. The van der Waals surface area contributed by atoms with Crippen molar-refractivity contribution in [2.24, 2.45) is 0 Å². The normalized spacial score (nSPS) is 12.8. The topological polar surface area (TPSA) is 40.5 Å². The van der Waals surface area contributed by atoms with Crippen LogP contribution in [-0.2, 0) is 4.79 Å². The second-order valence-corrected chi connectivity index (χ2v) is 4.90. The largest absolute Gasteiger partial charge is 0.480 e. The van der Waals surface area contributed by atoms with E-state index < -0.39 is 12.0 Å². The minimum absolute atomic E-state index is 0.581. The number of hydrogen-bond acceptors (Lipinski definition) is 2. The van der Waals surface area contributed by atoms with E-state index in [2.05, 4.69) is 15.9 Å². The third-order valence-corrected chi connectivity index (χ3v) is 3.88. The minimum atomic E-state index is -0.845. The summed E-state index contributed by atoms with van der Waals surface area (Å²) >= 11 is 9.22. The monoisotopic (exact) mass is 319 g/mol. The van der Waals surface area contributed by atoms with Crippen LogP contribution in [0.15, 0.2) is 22.7 Å². The molecule has 1 N–H and O–H groups in total. The van der Waals surface area contributed by atoms with Crippen LogP contribution in [0, 0.1) is 0 Å². The van der Waals surface area contributed by atoms with Gasteiger partial charge in [0.15, 0.2) is 0 Å². The van der Waals surface area contributed by atoms with Gasteiger partial charge in [0, 0.05) is 4.47 Å². The molecule has 1 unspecified atom stereocenters. The van der Waals surface area contributed by atoms with Gasteiger partial charge in [-0.1, -0.05) is 31.5 Å². The van der Waals surface area contributed by atoms with E-state index in [-0.39, 0.29) is 0 Å². The first kappa shape index (κ1) is 14.5. The molecular formula is C12H15BrClNO2. The van der Waals surface area contributed by atoms with Crippen molar-refractivity contribution in [3.63, 3.8) is 0 Å². The first-order chi connectivity index (χ1) is 8.01. The molecule has 0 aromatic heterocycles. The van der Waals surface area contributed by atoms with Gasteiger partial charge in [-0.2, -0.15) is 0 Å². The Morgan fingerprint density at radius 1 is 1.47 bits per heavy atom. The lowest BCUT2D eigenvalue weighted by molar-refractivity contribution is -0.143. The van der Waals surface area contributed by atoms with Gasteiger partial charge in [-0.15, -0.1) is 0 Å². The number of nitrogens with zero attached hydrogens (tertiary/aromatic N) is 1. The molecule has 1 rings (SSSR count). The van der Waals surface area contributed by atoms with Crippen molar-refractivity contribution in [2.75, 3.05) is 13.1 Å². The molecule has 0 fully saturated rings. The molecule has 1 aromatic carbocycles. The van der Waals surface area contributed by atoms with Crippen LogP contribution in [0.3, 0.4) is 0 Å². The first-order valence-corrected chi connectivity index (χ1v) is 6.60. The first-order valence-electron chi connectivity index (χ1n) is 5.43. The van der Waals surface area contributed by atoms with E-state index in [1.807, 2.05) is 18.7 Å². The van der Waals surface area contributed by atoms with Crippen LogP contribution < -0.4 is 0 Å². The molecule has 0 radical (unpaired) electrons. The fraction of sp³-hybridized carbons (Fsp3) is 0.417. The molecule has 0 saturated carbocycles. The zero-order valence-corrected chi connectivity index (χ0v) is 12.1. The molecule has 0 amide bonds. The van der Waals surface area contributed by atoms with Gasteiger partial charge in [-0.3, -0.25) is 9.69 Å². The number of carboxylic acids is 1. The average Bonchev–Trinajstić information content (AvgIpc) is 2.29. The van der Waals surface area contributed by atoms with E-state index in [0.717, 1.165) is 10.0 Å². The third-order valence-electron chi connectivity index (χ3n) is 2.67. The van der Waals surface area contributed by atoms with Crippen LogP contribution >= 0.6 is 27.5 Å². The standard InChI is InChI=1S/C12H15BrClNO2/c1-3-15(4-2)11(12(16)17)8-5-6-10(14)9(13)7-8/h5-7,11H,3-4H2,1-2H3,(H,16,17). The highest BCUT2D eigenvalue weighted by atomic mass is 79.9. The van der Waals surface area contributed by atoms with Gasteiger partial charge in [0.2, 0.25) is 0 Å². The van der Waals surface area contributed by atoms with E-state index >= 15 is 0 Å². The van der Waals surface area contributed by atoms with Gasteiger partial charge in [-0.25, -0.2) is 0 Å². The van der Waals surface area contributed by atoms with Gasteiger partial charge >= 0.3 is 5.97 Å².